The highest BCUT2D eigenvalue weighted by atomic mass is 32.2. The van der Waals surface area contributed by atoms with Crippen molar-refractivity contribution in [2.45, 2.75) is 50.7 Å². The van der Waals surface area contributed by atoms with Crippen molar-refractivity contribution in [1.82, 2.24) is 10.2 Å². The van der Waals surface area contributed by atoms with Crippen LogP contribution in [0, 0.1) is 0 Å². The molecule has 1 saturated heterocycles. The summed E-state index contributed by atoms with van der Waals surface area (Å²) in [6.07, 6.45) is 4.23. The van der Waals surface area contributed by atoms with Crippen LogP contribution in [-0.2, 0) is 9.84 Å². The van der Waals surface area contributed by atoms with Crippen LogP contribution in [0.15, 0.2) is 0 Å². The Morgan fingerprint density at radius 2 is 1.82 bits per heavy atom. The van der Waals surface area contributed by atoms with E-state index in [-0.39, 0.29) is 0 Å². The third-order valence-corrected chi connectivity index (χ3v) is 5.79. The summed E-state index contributed by atoms with van der Waals surface area (Å²) in [6.45, 7) is 3.21. The van der Waals surface area contributed by atoms with E-state index >= 15 is 0 Å². The van der Waals surface area contributed by atoms with E-state index in [0.717, 1.165) is 25.4 Å². The molecule has 0 amide bonds. The Kier molecular flexibility index (Phi) is 4.10. The van der Waals surface area contributed by atoms with E-state index in [1.54, 1.807) is 0 Å². The topological polar surface area (TPSA) is 49.4 Å². The van der Waals surface area contributed by atoms with Gasteiger partial charge in [0.2, 0.25) is 0 Å². The number of likely N-dealkylation sites (N-methyl/N-ethyl adjacent to an activating group) is 1. The molecule has 1 N–H and O–H groups in total. The summed E-state index contributed by atoms with van der Waals surface area (Å²) in [5.74, 6) is 0.717. The summed E-state index contributed by atoms with van der Waals surface area (Å²) in [4.78, 5) is 2.44. The quantitative estimate of drug-likeness (QED) is 0.788. The van der Waals surface area contributed by atoms with Crippen molar-refractivity contribution in [3.05, 3.63) is 0 Å². The maximum atomic E-state index is 11.3. The Hall–Kier alpha value is -0.130. The van der Waals surface area contributed by atoms with E-state index in [4.69, 9.17) is 0 Å². The summed E-state index contributed by atoms with van der Waals surface area (Å²) in [5.41, 5.74) is 0. The zero-order valence-corrected chi connectivity index (χ0v) is 11.7. The summed E-state index contributed by atoms with van der Waals surface area (Å²) < 4.78 is 22.6. The van der Waals surface area contributed by atoms with Gasteiger partial charge in [-0.3, -0.25) is 4.90 Å². The molecule has 2 rings (SSSR count). The molecule has 1 unspecified atom stereocenters. The number of nitrogens with one attached hydrogen (secondary N) is 1. The summed E-state index contributed by atoms with van der Waals surface area (Å²) in [5, 5.41) is 3.52. The summed E-state index contributed by atoms with van der Waals surface area (Å²) >= 11 is 0. The monoisotopic (exact) mass is 260 g/mol. The first-order chi connectivity index (χ1) is 7.98. The van der Waals surface area contributed by atoms with Gasteiger partial charge in [-0.05, 0) is 39.7 Å². The fraction of sp³-hybridized carbons (Fsp3) is 1.00. The third-order valence-electron chi connectivity index (χ3n) is 4.07. The highest BCUT2D eigenvalue weighted by Gasteiger charge is 2.29. The van der Waals surface area contributed by atoms with Crippen molar-refractivity contribution in [3.8, 4) is 0 Å². The fourth-order valence-electron chi connectivity index (χ4n) is 2.42. The minimum atomic E-state index is -2.72. The number of nitrogens with zero attached hydrogens (tertiary/aromatic N) is 1. The maximum absolute atomic E-state index is 11.3. The van der Waals surface area contributed by atoms with Crippen molar-refractivity contribution in [3.63, 3.8) is 0 Å². The molecule has 100 valence electrons. The van der Waals surface area contributed by atoms with Gasteiger partial charge in [0.15, 0.2) is 0 Å². The van der Waals surface area contributed by atoms with Gasteiger partial charge in [0.05, 0.1) is 11.5 Å². The molecule has 1 atom stereocenters. The first kappa shape index (κ1) is 13.3. The van der Waals surface area contributed by atoms with Crippen LogP contribution < -0.4 is 5.32 Å². The Morgan fingerprint density at radius 3 is 2.35 bits per heavy atom. The molecule has 0 aromatic rings. The molecule has 0 bridgehead atoms. The Morgan fingerprint density at radius 1 is 1.24 bits per heavy atom. The number of rotatable bonds is 5. The standard InChI is InChI=1S/C12H24N2O2S/c1-10(14(2)12-3-4-12)9-13-11-5-7-17(15,16)8-6-11/h10-13H,3-9H2,1-2H3. The molecule has 0 aromatic carbocycles. The minimum Gasteiger partial charge on any atom is -0.312 e. The van der Waals surface area contributed by atoms with Crippen molar-refractivity contribution < 1.29 is 8.42 Å². The van der Waals surface area contributed by atoms with Crippen molar-refractivity contribution in [2.24, 2.45) is 0 Å². The first-order valence-corrected chi connectivity index (χ1v) is 8.46. The normalized spacial score (nSPS) is 27.2. The van der Waals surface area contributed by atoms with Crippen molar-refractivity contribution >= 4 is 9.84 Å². The van der Waals surface area contributed by atoms with E-state index in [1.807, 2.05) is 0 Å². The second-order valence-corrected chi connectivity index (χ2v) is 7.88. The highest BCUT2D eigenvalue weighted by Crippen LogP contribution is 2.26. The molecule has 17 heavy (non-hydrogen) atoms. The molecule has 1 aliphatic heterocycles. The lowest BCUT2D eigenvalue weighted by Gasteiger charge is -2.29. The summed E-state index contributed by atoms with van der Waals surface area (Å²) in [7, 11) is -0.535. The van der Waals surface area contributed by atoms with Crippen LogP contribution in [0.1, 0.15) is 32.6 Å². The first-order valence-electron chi connectivity index (χ1n) is 6.64. The van der Waals surface area contributed by atoms with Gasteiger partial charge in [0.25, 0.3) is 0 Å². The largest absolute Gasteiger partial charge is 0.312 e. The summed E-state index contributed by atoms with van der Waals surface area (Å²) in [6, 6.07) is 1.73. The van der Waals surface area contributed by atoms with Gasteiger partial charge >= 0.3 is 0 Å². The highest BCUT2D eigenvalue weighted by molar-refractivity contribution is 7.91. The van der Waals surface area contributed by atoms with Crippen LogP contribution in [0.2, 0.25) is 0 Å². The van der Waals surface area contributed by atoms with Crippen LogP contribution in [0.5, 0.6) is 0 Å². The average molecular weight is 260 g/mol. The molecule has 2 fully saturated rings. The predicted octanol–water partition coefficient (Wildman–Crippen LogP) is 0.636. The number of hydrogen-bond donors (Lipinski definition) is 1. The lowest BCUT2D eigenvalue weighted by Crippen LogP contribution is -2.45. The van der Waals surface area contributed by atoms with Gasteiger partial charge in [0.1, 0.15) is 9.84 Å². The average Bonchev–Trinajstić information content (AvgIpc) is 3.10. The van der Waals surface area contributed by atoms with Crippen molar-refractivity contribution in [2.75, 3.05) is 25.1 Å². The van der Waals surface area contributed by atoms with Gasteiger partial charge in [0, 0.05) is 24.7 Å². The lowest BCUT2D eigenvalue weighted by molar-refractivity contribution is 0.233. The number of sulfone groups is 1. The zero-order chi connectivity index (χ0) is 12.5. The lowest BCUT2D eigenvalue weighted by atomic mass is 10.1. The fourth-order valence-corrected chi connectivity index (χ4v) is 3.91. The van der Waals surface area contributed by atoms with E-state index in [0.29, 0.717) is 23.6 Å². The second kappa shape index (κ2) is 5.24. The van der Waals surface area contributed by atoms with Gasteiger partial charge in [-0.1, -0.05) is 0 Å². The Bertz CT molecular complexity index is 338. The molecule has 0 aromatic heterocycles. The van der Waals surface area contributed by atoms with Crippen LogP contribution in [0.4, 0.5) is 0 Å². The molecule has 4 nitrogen and oxygen atoms in total. The molecule has 1 heterocycles. The maximum Gasteiger partial charge on any atom is 0.150 e. The van der Waals surface area contributed by atoms with Crippen LogP contribution in [0.3, 0.4) is 0 Å². The van der Waals surface area contributed by atoms with E-state index < -0.39 is 9.84 Å². The molecule has 1 aliphatic carbocycles. The van der Waals surface area contributed by atoms with Gasteiger partial charge in [-0.2, -0.15) is 0 Å². The molecular weight excluding hydrogens is 236 g/mol. The molecule has 0 radical (unpaired) electrons. The van der Waals surface area contributed by atoms with Crippen LogP contribution >= 0.6 is 0 Å². The zero-order valence-electron chi connectivity index (χ0n) is 10.9. The molecular formula is C12H24N2O2S. The van der Waals surface area contributed by atoms with Crippen LogP contribution in [-0.4, -0.2) is 56.5 Å². The molecule has 5 heteroatoms. The van der Waals surface area contributed by atoms with Gasteiger partial charge < -0.3 is 5.32 Å². The molecule has 0 spiro atoms. The molecule has 2 aliphatic rings. The smallest absolute Gasteiger partial charge is 0.150 e. The Balaban J connectivity index is 1.68. The predicted molar refractivity (Wildman–Crippen MR) is 69.9 cm³/mol. The van der Waals surface area contributed by atoms with E-state index in [9.17, 15) is 8.42 Å². The van der Waals surface area contributed by atoms with E-state index in [2.05, 4.69) is 24.2 Å². The van der Waals surface area contributed by atoms with Crippen LogP contribution in [0.25, 0.3) is 0 Å². The second-order valence-electron chi connectivity index (χ2n) is 5.58. The van der Waals surface area contributed by atoms with Gasteiger partial charge in [-0.25, -0.2) is 8.42 Å². The van der Waals surface area contributed by atoms with Crippen molar-refractivity contribution in [1.29, 1.82) is 0 Å². The molecule has 1 saturated carbocycles. The SMILES string of the molecule is CC(CNC1CCS(=O)(=O)CC1)N(C)C1CC1. The van der Waals surface area contributed by atoms with E-state index in [1.165, 1.54) is 12.8 Å². The third kappa shape index (κ3) is 3.93. The Labute approximate surface area is 105 Å². The van der Waals surface area contributed by atoms with Gasteiger partial charge in [-0.15, -0.1) is 0 Å². The minimum absolute atomic E-state index is 0.359. The number of hydrogen-bond acceptors (Lipinski definition) is 4.